The lowest BCUT2D eigenvalue weighted by atomic mass is 10.1. The van der Waals surface area contributed by atoms with Crippen LogP contribution in [0.15, 0.2) is 42.6 Å². The second-order valence-corrected chi connectivity index (χ2v) is 5.71. The molecule has 2 N–H and O–H groups in total. The molecule has 0 bridgehead atoms. The fraction of sp³-hybridized carbons (Fsp3) is 0.111. The molecule has 125 valence electrons. The Kier molecular flexibility index (Phi) is 3.61. The molecule has 0 aliphatic carbocycles. The Balaban J connectivity index is 1.65. The van der Waals surface area contributed by atoms with Crippen molar-refractivity contribution in [2.75, 3.05) is 12.4 Å². The number of aryl methyl sites for hydroxylation is 1. The Morgan fingerprint density at radius 2 is 2.08 bits per heavy atom. The number of aromatic nitrogens is 5. The van der Waals surface area contributed by atoms with Gasteiger partial charge in [-0.05, 0) is 36.8 Å². The van der Waals surface area contributed by atoms with E-state index in [1.807, 2.05) is 43.4 Å². The van der Waals surface area contributed by atoms with E-state index in [0.29, 0.717) is 17.5 Å². The number of H-pyrrole nitrogens is 1. The minimum Gasteiger partial charge on any atom is -0.496 e. The van der Waals surface area contributed by atoms with E-state index in [0.717, 1.165) is 27.7 Å². The smallest absolute Gasteiger partial charge is 0.225 e. The SMILES string of the molecule is [CH2]c1ccc(-c2nc(Nc3ccc4[nH]ncc4c3)n(C)n2)cc1OC. The van der Waals surface area contributed by atoms with E-state index in [1.54, 1.807) is 18.0 Å². The van der Waals surface area contributed by atoms with Crippen molar-refractivity contribution >= 4 is 22.5 Å². The van der Waals surface area contributed by atoms with Crippen LogP contribution in [0.2, 0.25) is 0 Å². The average Bonchev–Trinajstić information content (AvgIpc) is 3.22. The lowest BCUT2D eigenvalue weighted by Crippen LogP contribution is -1.99. The molecule has 4 rings (SSSR count). The summed E-state index contributed by atoms with van der Waals surface area (Å²) in [5.41, 5.74) is 3.61. The highest BCUT2D eigenvalue weighted by Crippen LogP contribution is 2.26. The number of benzene rings is 2. The maximum atomic E-state index is 5.32. The lowest BCUT2D eigenvalue weighted by molar-refractivity contribution is 0.413. The number of methoxy groups -OCH3 is 1. The first-order valence-electron chi connectivity index (χ1n) is 7.75. The summed E-state index contributed by atoms with van der Waals surface area (Å²) in [4.78, 5) is 4.59. The Labute approximate surface area is 144 Å². The van der Waals surface area contributed by atoms with Crippen LogP contribution < -0.4 is 10.1 Å². The van der Waals surface area contributed by atoms with E-state index in [2.05, 4.69) is 32.5 Å². The fourth-order valence-corrected chi connectivity index (χ4v) is 2.65. The van der Waals surface area contributed by atoms with E-state index in [9.17, 15) is 0 Å². The van der Waals surface area contributed by atoms with Gasteiger partial charge in [0, 0.05) is 23.7 Å². The number of anilines is 2. The first-order valence-corrected chi connectivity index (χ1v) is 7.75. The van der Waals surface area contributed by atoms with Gasteiger partial charge in [-0.2, -0.15) is 10.1 Å². The second-order valence-electron chi connectivity index (χ2n) is 5.71. The summed E-state index contributed by atoms with van der Waals surface area (Å²) in [5, 5.41) is 15.8. The molecule has 2 heterocycles. The first kappa shape index (κ1) is 15.2. The number of nitrogens with zero attached hydrogens (tertiary/aromatic N) is 4. The molecule has 25 heavy (non-hydrogen) atoms. The van der Waals surface area contributed by atoms with Crippen LogP contribution in [-0.4, -0.2) is 32.1 Å². The minimum absolute atomic E-state index is 0.618. The number of ether oxygens (including phenoxy) is 1. The topological polar surface area (TPSA) is 80.7 Å². The average molecular weight is 333 g/mol. The van der Waals surface area contributed by atoms with Crippen LogP contribution in [-0.2, 0) is 7.05 Å². The van der Waals surface area contributed by atoms with E-state index < -0.39 is 0 Å². The summed E-state index contributed by atoms with van der Waals surface area (Å²) in [6.07, 6.45) is 1.79. The summed E-state index contributed by atoms with van der Waals surface area (Å²) < 4.78 is 7.03. The summed E-state index contributed by atoms with van der Waals surface area (Å²) in [6, 6.07) is 11.7. The van der Waals surface area contributed by atoms with E-state index in [-0.39, 0.29) is 0 Å². The number of nitrogens with one attached hydrogen (secondary N) is 2. The van der Waals surface area contributed by atoms with Gasteiger partial charge in [0.05, 0.1) is 18.8 Å². The summed E-state index contributed by atoms with van der Waals surface area (Å²) >= 11 is 0. The molecule has 0 aliphatic heterocycles. The van der Waals surface area contributed by atoms with Crippen molar-refractivity contribution in [3.63, 3.8) is 0 Å². The monoisotopic (exact) mass is 333 g/mol. The van der Waals surface area contributed by atoms with Gasteiger partial charge in [-0.1, -0.05) is 12.1 Å². The molecule has 0 atom stereocenters. The van der Waals surface area contributed by atoms with Gasteiger partial charge in [-0.15, -0.1) is 5.10 Å². The van der Waals surface area contributed by atoms with Gasteiger partial charge >= 0.3 is 0 Å². The molecule has 0 amide bonds. The van der Waals surface area contributed by atoms with E-state index in [1.165, 1.54) is 0 Å². The molecule has 0 spiro atoms. The van der Waals surface area contributed by atoms with Gasteiger partial charge in [-0.25, -0.2) is 4.68 Å². The Morgan fingerprint density at radius 1 is 1.20 bits per heavy atom. The van der Waals surface area contributed by atoms with Crippen molar-refractivity contribution in [2.24, 2.45) is 7.05 Å². The zero-order valence-electron chi connectivity index (χ0n) is 13.9. The van der Waals surface area contributed by atoms with Crippen molar-refractivity contribution in [1.82, 2.24) is 25.0 Å². The van der Waals surface area contributed by atoms with Crippen molar-refractivity contribution in [3.8, 4) is 17.1 Å². The van der Waals surface area contributed by atoms with Crippen molar-refractivity contribution in [2.45, 2.75) is 0 Å². The number of aromatic amines is 1. The van der Waals surface area contributed by atoms with Crippen molar-refractivity contribution in [1.29, 1.82) is 0 Å². The minimum atomic E-state index is 0.618. The summed E-state index contributed by atoms with van der Waals surface area (Å²) in [5.74, 6) is 1.98. The fourth-order valence-electron chi connectivity index (χ4n) is 2.65. The van der Waals surface area contributed by atoms with Gasteiger partial charge in [0.25, 0.3) is 0 Å². The molecule has 0 saturated carbocycles. The molecular formula is C18H17N6O. The van der Waals surface area contributed by atoms with Crippen LogP contribution in [0, 0.1) is 6.92 Å². The normalized spacial score (nSPS) is 11.0. The third-order valence-corrected chi connectivity index (χ3v) is 4.00. The quantitative estimate of drug-likeness (QED) is 0.599. The molecule has 2 aromatic heterocycles. The van der Waals surface area contributed by atoms with Gasteiger partial charge in [0.15, 0.2) is 5.82 Å². The highest BCUT2D eigenvalue weighted by atomic mass is 16.5. The molecule has 7 heteroatoms. The third-order valence-electron chi connectivity index (χ3n) is 4.00. The third kappa shape index (κ3) is 2.80. The zero-order chi connectivity index (χ0) is 17.4. The predicted octanol–water partition coefficient (Wildman–Crippen LogP) is 3.29. The van der Waals surface area contributed by atoms with E-state index in [4.69, 9.17) is 4.74 Å². The first-order chi connectivity index (χ1) is 12.1. The Morgan fingerprint density at radius 3 is 2.92 bits per heavy atom. The Bertz CT molecular complexity index is 1050. The highest BCUT2D eigenvalue weighted by molar-refractivity contribution is 5.82. The molecule has 2 aromatic carbocycles. The van der Waals surface area contributed by atoms with Crippen molar-refractivity contribution < 1.29 is 4.74 Å². The van der Waals surface area contributed by atoms with E-state index >= 15 is 0 Å². The largest absolute Gasteiger partial charge is 0.496 e. The summed E-state index contributed by atoms with van der Waals surface area (Å²) in [6.45, 7) is 3.93. The van der Waals surface area contributed by atoms with Gasteiger partial charge in [0.2, 0.25) is 5.95 Å². The molecule has 0 unspecified atom stereocenters. The Hall–Kier alpha value is -3.35. The maximum absolute atomic E-state index is 5.32. The number of hydrogen-bond acceptors (Lipinski definition) is 5. The highest BCUT2D eigenvalue weighted by Gasteiger charge is 2.11. The second kappa shape index (κ2) is 5.94. The standard InChI is InChI=1S/C18H17N6O/c1-11-4-5-12(9-16(11)25-3)17-21-18(24(2)23-17)20-14-6-7-15-13(8-14)10-19-22-15/h4-10H,1H2,2-3H3,(H,19,22)(H,20,21,23). The van der Waals surface area contributed by atoms with Gasteiger partial charge in [-0.3, -0.25) is 5.10 Å². The van der Waals surface area contributed by atoms with Gasteiger partial charge < -0.3 is 10.1 Å². The van der Waals surface area contributed by atoms with Crippen LogP contribution >= 0.6 is 0 Å². The number of fused-ring (bicyclic) bond motifs is 1. The number of hydrogen-bond donors (Lipinski definition) is 2. The molecule has 4 aromatic rings. The van der Waals surface area contributed by atoms with Crippen molar-refractivity contribution in [3.05, 3.63) is 55.1 Å². The molecule has 7 nitrogen and oxygen atoms in total. The predicted molar refractivity (Wildman–Crippen MR) is 96.8 cm³/mol. The number of rotatable bonds is 4. The van der Waals surface area contributed by atoms with Crippen LogP contribution in [0.5, 0.6) is 5.75 Å². The zero-order valence-corrected chi connectivity index (χ0v) is 13.9. The van der Waals surface area contributed by atoms with Crippen LogP contribution in [0.3, 0.4) is 0 Å². The molecule has 0 fully saturated rings. The van der Waals surface area contributed by atoms with Crippen LogP contribution in [0.25, 0.3) is 22.3 Å². The maximum Gasteiger partial charge on any atom is 0.225 e. The van der Waals surface area contributed by atoms with Gasteiger partial charge in [0.1, 0.15) is 5.75 Å². The van der Waals surface area contributed by atoms with Crippen LogP contribution in [0.1, 0.15) is 5.56 Å². The molecule has 0 saturated heterocycles. The summed E-state index contributed by atoms with van der Waals surface area (Å²) in [7, 11) is 3.47. The molecule has 1 radical (unpaired) electrons. The molecular weight excluding hydrogens is 316 g/mol. The van der Waals surface area contributed by atoms with Crippen LogP contribution in [0.4, 0.5) is 11.6 Å². The lowest BCUT2D eigenvalue weighted by Gasteiger charge is -2.05. The molecule has 0 aliphatic rings.